The Hall–Kier alpha value is -0.820. The monoisotopic (exact) mass is 744 g/mol. The van der Waals surface area contributed by atoms with Crippen molar-refractivity contribution in [3.8, 4) is 0 Å². The molecule has 6 fully saturated rings. The molecule has 0 aromatic heterocycles. The Labute approximate surface area is 306 Å². The van der Waals surface area contributed by atoms with Crippen LogP contribution < -0.4 is 0 Å². The van der Waals surface area contributed by atoms with Crippen LogP contribution in [0.15, 0.2) is 12.2 Å². The third-order valence-electron chi connectivity index (χ3n) is 14.5. The van der Waals surface area contributed by atoms with Crippen LogP contribution in [0.4, 0.5) is 0 Å². The lowest BCUT2D eigenvalue weighted by Crippen LogP contribution is -2.70. The minimum atomic E-state index is -1.34. The summed E-state index contributed by atoms with van der Waals surface area (Å²) in [5.41, 5.74) is -2.36. The maximum atomic E-state index is 12.6. The van der Waals surface area contributed by atoms with Crippen molar-refractivity contribution in [2.24, 2.45) is 46.3 Å². The zero-order valence-electron chi connectivity index (χ0n) is 31.3. The molecule has 2 saturated heterocycles. The molecule has 6 aliphatic rings. The van der Waals surface area contributed by atoms with Crippen LogP contribution in [0.25, 0.3) is 0 Å². The fourth-order valence-electron chi connectivity index (χ4n) is 11.8. The Morgan fingerprint density at radius 1 is 0.808 bits per heavy atom. The number of aliphatic hydroxyl groups excluding tert-OH is 8. The number of ether oxygens (including phenoxy) is 5. The van der Waals surface area contributed by atoms with Gasteiger partial charge >= 0.3 is 0 Å². The molecule has 9 N–H and O–H groups in total. The number of rotatable bonds is 10. The number of aliphatic hydroxyl groups is 9. The summed E-state index contributed by atoms with van der Waals surface area (Å²) in [6.07, 6.45) is -6.52. The molecule has 0 bridgehead atoms. The standard InChI is InChI=1S/C38H64O14/c1-17(2)24(50-35-32(30(46)25(15-39)51-35)52-34-31(48-6)29(45)23(43)16-49-34)8-7-18(3)19-13-21(41)33-36(19,4)12-10-26-37(5)11-9-20(40)28(44)27(37)22(42)14-38(26,33)47/h7-8,17-35,39-47H,9-16H2,1-6H3/b8-7+/t18-,19-,20+,21-,22+,23?,24+,25?,26?,27?,28+,29?,30?,31?,32?,33?,34?,35?,36-,37-,38+/m1/s1. The first kappa shape index (κ1) is 40.8. The number of fused-ring (bicyclic) bond motifs is 5. The minimum absolute atomic E-state index is 0.00131. The maximum absolute atomic E-state index is 12.6. The van der Waals surface area contributed by atoms with Crippen molar-refractivity contribution in [2.45, 2.75) is 158 Å². The van der Waals surface area contributed by atoms with Gasteiger partial charge in [0.2, 0.25) is 0 Å². The van der Waals surface area contributed by atoms with Crippen LogP contribution in [0.5, 0.6) is 0 Å². The van der Waals surface area contributed by atoms with Crippen molar-refractivity contribution < 1.29 is 69.6 Å². The number of hydrogen-bond acceptors (Lipinski definition) is 14. The van der Waals surface area contributed by atoms with Gasteiger partial charge < -0.3 is 69.6 Å². The van der Waals surface area contributed by atoms with Gasteiger partial charge in [0, 0.05) is 25.4 Å². The zero-order valence-corrected chi connectivity index (χ0v) is 31.3. The highest BCUT2D eigenvalue weighted by Gasteiger charge is 2.71. The highest BCUT2D eigenvalue weighted by atomic mass is 16.8. The summed E-state index contributed by atoms with van der Waals surface area (Å²) in [5.74, 6) is -1.36. The molecule has 4 aliphatic carbocycles. The number of methoxy groups -OCH3 is 1. The predicted octanol–water partition coefficient (Wildman–Crippen LogP) is -0.177. The first-order chi connectivity index (χ1) is 24.4. The molecule has 21 atom stereocenters. The lowest BCUT2D eigenvalue weighted by atomic mass is 9.41. The summed E-state index contributed by atoms with van der Waals surface area (Å²) < 4.78 is 29.3. The Morgan fingerprint density at radius 3 is 2.15 bits per heavy atom. The van der Waals surface area contributed by atoms with E-state index in [1.807, 2.05) is 26.8 Å². The van der Waals surface area contributed by atoms with Crippen molar-refractivity contribution in [2.75, 3.05) is 20.3 Å². The van der Waals surface area contributed by atoms with E-state index in [2.05, 4.69) is 19.9 Å². The average Bonchev–Trinajstić information content (AvgIpc) is 3.53. The molecule has 14 heteroatoms. The summed E-state index contributed by atoms with van der Waals surface area (Å²) in [4.78, 5) is 0. The normalized spacial score (nSPS) is 53.5. The first-order valence-corrected chi connectivity index (χ1v) is 19.3. The lowest BCUT2D eigenvalue weighted by molar-refractivity contribution is -0.309. The van der Waals surface area contributed by atoms with E-state index in [-0.39, 0.29) is 36.7 Å². The smallest absolute Gasteiger partial charge is 0.187 e. The average molecular weight is 745 g/mol. The molecule has 300 valence electrons. The summed E-state index contributed by atoms with van der Waals surface area (Å²) in [6.45, 7) is 9.53. The van der Waals surface area contributed by atoms with Crippen molar-refractivity contribution in [1.82, 2.24) is 0 Å². The van der Waals surface area contributed by atoms with E-state index >= 15 is 0 Å². The van der Waals surface area contributed by atoms with E-state index in [0.29, 0.717) is 25.7 Å². The molecule has 0 aromatic carbocycles. The van der Waals surface area contributed by atoms with Crippen LogP contribution in [-0.2, 0) is 23.7 Å². The van der Waals surface area contributed by atoms with Gasteiger partial charge in [-0.3, -0.25) is 0 Å². The fourth-order valence-corrected chi connectivity index (χ4v) is 11.8. The van der Waals surface area contributed by atoms with Gasteiger partial charge in [0.1, 0.15) is 36.6 Å². The maximum Gasteiger partial charge on any atom is 0.187 e. The van der Waals surface area contributed by atoms with Gasteiger partial charge in [-0.2, -0.15) is 0 Å². The second-order valence-corrected chi connectivity index (χ2v) is 17.7. The highest BCUT2D eigenvalue weighted by molar-refractivity contribution is 5.21. The molecule has 2 heterocycles. The quantitative estimate of drug-likeness (QED) is 0.132. The van der Waals surface area contributed by atoms with Crippen LogP contribution in [0.3, 0.4) is 0 Å². The van der Waals surface area contributed by atoms with Crippen LogP contribution in [0, 0.1) is 46.3 Å². The molecule has 0 amide bonds. The largest absolute Gasteiger partial charge is 0.394 e. The third-order valence-corrected chi connectivity index (χ3v) is 14.5. The van der Waals surface area contributed by atoms with Crippen LogP contribution in [-0.4, -0.2) is 152 Å². The van der Waals surface area contributed by atoms with Crippen molar-refractivity contribution in [3.05, 3.63) is 12.2 Å². The first-order valence-electron chi connectivity index (χ1n) is 19.3. The van der Waals surface area contributed by atoms with E-state index in [1.165, 1.54) is 7.11 Å². The third kappa shape index (κ3) is 6.74. The number of hydrogen-bond donors (Lipinski definition) is 9. The Bertz CT molecular complexity index is 1250. The Balaban J connectivity index is 1.18. The van der Waals surface area contributed by atoms with Gasteiger partial charge in [0.05, 0.1) is 49.3 Å². The van der Waals surface area contributed by atoms with E-state index in [0.717, 1.165) is 6.42 Å². The van der Waals surface area contributed by atoms with Crippen molar-refractivity contribution in [1.29, 1.82) is 0 Å². The topological polar surface area (TPSA) is 228 Å². The molecular formula is C38H64O14. The van der Waals surface area contributed by atoms with E-state index in [4.69, 9.17) is 23.7 Å². The summed E-state index contributed by atoms with van der Waals surface area (Å²) in [5, 5.41) is 98.6. The van der Waals surface area contributed by atoms with Gasteiger partial charge in [0.25, 0.3) is 0 Å². The molecule has 4 saturated carbocycles. The molecule has 14 nitrogen and oxygen atoms in total. The van der Waals surface area contributed by atoms with Gasteiger partial charge in [-0.25, -0.2) is 0 Å². The molecule has 0 aromatic rings. The molecule has 11 unspecified atom stereocenters. The fraction of sp³-hybridized carbons (Fsp3) is 0.947. The summed E-state index contributed by atoms with van der Waals surface area (Å²) in [6, 6.07) is 0. The highest BCUT2D eigenvalue weighted by Crippen LogP contribution is 2.69. The molecule has 2 aliphatic heterocycles. The van der Waals surface area contributed by atoms with Gasteiger partial charge in [-0.15, -0.1) is 0 Å². The van der Waals surface area contributed by atoms with Gasteiger partial charge in [-0.05, 0) is 66.6 Å². The van der Waals surface area contributed by atoms with E-state index < -0.39 is 115 Å². The summed E-state index contributed by atoms with van der Waals surface area (Å²) in [7, 11) is 1.35. The van der Waals surface area contributed by atoms with Gasteiger partial charge in [0.15, 0.2) is 12.6 Å². The number of allylic oxidation sites excluding steroid dienone is 1. The van der Waals surface area contributed by atoms with E-state index in [1.54, 1.807) is 0 Å². The minimum Gasteiger partial charge on any atom is -0.394 e. The summed E-state index contributed by atoms with van der Waals surface area (Å²) >= 11 is 0. The Kier molecular flexibility index (Phi) is 12.0. The molecular weight excluding hydrogens is 680 g/mol. The predicted molar refractivity (Wildman–Crippen MR) is 184 cm³/mol. The van der Waals surface area contributed by atoms with Gasteiger partial charge in [-0.1, -0.05) is 46.8 Å². The van der Waals surface area contributed by atoms with E-state index in [9.17, 15) is 46.0 Å². The Morgan fingerprint density at radius 2 is 1.50 bits per heavy atom. The van der Waals surface area contributed by atoms with Crippen LogP contribution in [0.2, 0.25) is 0 Å². The van der Waals surface area contributed by atoms with Crippen molar-refractivity contribution >= 4 is 0 Å². The zero-order chi connectivity index (χ0) is 38.1. The SMILES string of the molecule is COC1C(OC2C(O[C@@H](/C=C/[C@@H](C)[C@H]3C[C@@H](O)C4[C@]5(O)C[C@H](O)C6[C@@H](O)[C@@H](O)CC[C@]6(C)C5CC[C@@]43C)C(C)C)OC(CO)C2O)OCC(O)C1O. The molecule has 6 rings (SSSR count). The van der Waals surface area contributed by atoms with Crippen LogP contribution in [0.1, 0.15) is 73.1 Å². The molecule has 0 spiro atoms. The van der Waals surface area contributed by atoms with Crippen molar-refractivity contribution in [3.63, 3.8) is 0 Å². The second-order valence-electron chi connectivity index (χ2n) is 17.7. The lowest BCUT2D eigenvalue weighted by Gasteiger charge is -2.66. The molecule has 52 heavy (non-hydrogen) atoms. The second kappa shape index (κ2) is 15.3. The molecule has 0 radical (unpaired) electrons. The van der Waals surface area contributed by atoms with Crippen LogP contribution >= 0.6 is 0 Å².